The van der Waals surface area contributed by atoms with Crippen LogP contribution in [0.15, 0.2) is 65.6 Å². The van der Waals surface area contributed by atoms with Gasteiger partial charge in [-0.1, -0.05) is 48.5 Å². The first-order valence-electron chi connectivity index (χ1n) is 7.23. The first kappa shape index (κ1) is 14.9. The molecule has 3 aromatic rings. The van der Waals surface area contributed by atoms with E-state index in [4.69, 9.17) is 9.84 Å². The smallest absolute Gasteiger partial charge is 0.133 e. The Kier molecular flexibility index (Phi) is 4.66. The molecule has 3 aromatic carbocycles. The van der Waals surface area contributed by atoms with Crippen molar-refractivity contribution in [3.8, 4) is 16.9 Å². The Bertz CT molecular complexity index is 769. The molecule has 0 spiro atoms. The lowest BCUT2D eigenvalue weighted by molar-refractivity contribution is 0.199. The van der Waals surface area contributed by atoms with Crippen LogP contribution in [0.3, 0.4) is 0 Å². The first-order valence-corrected chi connectivity index (χ1v) is 8.46. The predicted molar refractivity (Wildman–Crippen MR) is 93.7 cm³/mol. The third-order valence-corrected chi connectivity index (χ3v) is 4.42. The minimum Gasteiger partial charge on any atom is -0.490 e. The van der Waals surface area contributed by atoms with Crippen molar-refractivity contribution in [3.63, 3.8) is 0 Å². The monoisotopic (exact) mass is 310 g/mol. The lowest BCUT2D eigenvalue weighted by Gasteiger charge is -2.13. The zero-order chi connectivity index (χ0) is 15.4. The van der Waals surface area contributed by atoms with E-state index in [1.54, 1.807) is 11.8 Å². The first-order chi connectivity index (χ1) is 10.8. The van der Waals surface area contributed by atoms with Crippen LogP contribution in [0.2, 0.25) is 0 Å². The van der Waals surface area contributed by atoms with E-state index in [0.29, 0.717) is 6.61 Å². The highest BCUT2D eigenvalue weighted by atomic mass is 32.2. The van der Waals surface area contributed by atoms with Crippen LogP contribution in [0.4, 0.5) is 0 Å². The average molecular weight is 310 g/mol. The molecule has 3 rings (SSSR count). The van der Waals surface area contributed by atoms with Gasteiger partial charge in [0.25, 0.3) is 0 Å². The van der Waals surface area contributed by atoms with Crippen molar-refractivity contribution in [1.29, 1.82) is 0 Å². The van der Waals surface area contributed by atoms with Crippen molar-refractivity contribution >= 4 is 22.5 Å². The molecule has 0 amide bonds. The lowest BCUT2D eigenvalue weighted by Crippen LogP contribution is -2.02. The van der Waals surface area contributed by atoms with Gasteiger partial charge in [0.2, 0.25) is 0 Å². The summed E-state index contributed by atoms with van der Waals surface area (Å²) < 4.78 is 5.63. The van der Waals surface area contributed by atoms with Gasteiger partial charge in [-0.05, 0) is 40.3 Å². The Balaban J connectivity index is 2.07. The van der Waals surface area contributed by atoms with Gasteiger partial charge in [0.1, 0.15) is 12.4 Å². The van der Waals surface area contributed by atoms with E-state index in [9.17, 15) is 0 Å². The summed E-state index contributed by atoms with van der Waals surface area (Å²) in [5.41, 5.74) is 2.43. The van der Waals surface area contributed by atoms with Gasteiger partial charge in [0.05, 0.1) is 11.5 Å². The summed E-state index contributed by atoms with van der Waals surface area (Å²) in [5, 5.41) is 11.3. The van der Waals surface area contributed by atoms with E-state index in [-0.39, 0.29) is 6.61 Å². The van der Waals surface area contributed by atoms with Crippen LogP contribution in [0.25, 0.3) is 21.9 Å². The van der Waals surface area contributed by atoms with Crippen LogP contribution in [-0.4, -0.2) is 24.6 Å². The van der Waals surface area contributed by atoms with Crippen molar-refractivity contribution in [2.24, 2.45) is 0 Å². The van der Waals surface area contributed by atoms with E-state index in [0.717, 1.165) is 10.6 Å². The number of aliphatic hydroxyl groups is 1. The zero-order valence-corrected chi connectivity index (χ0v) is 13.3. The number of thioether (sulfide) groups is 1. The molecule has 0 radical (unpaired) electrons. The van der Waals surface area contributed by atoms with Crippen molar-refractivity contribution in [2.75, 3.05) is 19.5 Å². The van der Waals surface area contributed by atoms with E-state index in [1.807, 2.05) is 18.4 Å². The van der Waals surface area contributed by atoms with Crippen LogP contribution >= 0.6 is 11.8 Å². The second-order valence-electron chi connectivity index (χ2n) is 4.97. The third kappa shape index (κ3) is 2.96. The number of aliphatic hydroxyl groups excluding tert-OH is 1. The zero-order valence-electron chi connectivity index (χ0n) is 12.5. The normalized spacial score (nSPS) is 10.8. The summed E-state index contributed by atoms with van der Waals surface area (Å²) in [6, 6.07) is 20.9. The summed E-state index contributed by atoms with van der Waals surface area (Å²) in [6.45, 7) is 0.347. The molecule has 3 heteroatoms. The van der Waals surface area contributed by atoms with Crippen molar-refractivity contribution in [1.82, 2.24) is 0 Å². The molecule has 0 bridgehead atoms. The quantitative estimate of drug-likeness (QED) is 0.698. The minimum absolute atomic E-state index is 0.0266. The number of hydrogen-bond acceptors (Lipinski definition) is 3. The standard InChI is InChI=1S/C19H18O2S/c1-22-19-17-9-7-15(14-5-3-2-4-6-14)13-16(17)8-10-18(19)21-12-11-20/h2-10,13,20H,11-12H2,1H3. The highest BCUT2D eigenvalue weighted by Gasteiger charge is 2.09. The molecule has 0 aliphatic rings. The maximum Gasteiger partial charge on any atom is 0.133 e. The van der Waals surface area contributed by atoms with Gasteiger partial charge < -0.3 is 9.84 Å². The summed E-state index contributed by atoms with van der Waals surface area (Å²) >= 11 is 1.67. The second kappa shape index (κ2) is 6.86. The van der Waals surface area contributed by atoms with E-state index < -0.39 is 0 Å². The highest BCUT2D eigenvalue weighted by Crippen LogP contribution is 2.36. The summed E-state index contributed by atoms with van der Waals surface area (Å²) in [6.07, 6.45) is 2.05. The van der Waals surface area contributed by atoms with Crippen LogP contribution in [0.1, 0.15) is 0 Å². The SMILES string of the molecule is CSc1c(OCCO)ccc2cc(-c3ccccc3)ccc12. The number of fused-ring (bicyclic) bond motifs is 1. The summed E-state index contributed by atoms with van der Waals surface area (Å²) in [5.74, 6) is 0.835. The van der Waals surface area contributed by atoms with Gasteiger partial charge in [-0.2, -0.15) is 0 Å². The average Bonchev–Trinajstić information content (AvgIpc) is 2.59. The van der Waals surface area contributed by atoms with Crippen LogP contribution < -0.4 is 4.74 Å². The molecular formula is C19H18O2S. The van der Waals surface area contributed by atoms with Gasteiger partial charge in [-0.3, -0.25) is 0 Å². The number of rotatable bonds is 5. The Morgan fingerprint density at radius 2 is 1.77 bits per heavy atom. The molecule has 1 N–H and O–H groups in total. The molecule has 112 valence electrons. The fraction of sp³-hybridized carbons (Fsp3) is 0.158. The molecule has 0 heterocycles. The fourth-order valence-corrected chi connectivity index (χ4v) is 3.31. The summed E-state index contributed by atoms with van der Waals surface area (Å²) in [7, 11) is 0. The van der Waals surface area contributed by atoms with E-state index in [2.05, 4.69) is 48.5 Å². The molecule has 0 saturated carbocycles. The second-order valence-corrected chi connectivity index (χ2v) is 5.79. The van der Waals surface area contributed by atoms with Gasteiger partial charge in [0, 0.05) is 0 Å². The largest absolute Gasteiger partial charge is 0.490 e. The van der Waals surface area contributed by atoms with Gasteiger partial charge in [-0.15, -0.1) is 11.8 Å². The molecule has 0 fully saturated rings. The van der Waals surface area contributed by atoms with Crippen LogP contribution in [0.5, 0.6) is 5.75 Å². The maximum atomic E-state index is 8.94. The van der Waals surface area contributed by atoms with Crippen LogP contribution in [0, 0.1) is 0 Å². The Morgan fingerprint density at radius 1 is 0.955 bits per heavy atom. The molecule has 0 saturated heterocycles. The Morgan fingerprint density at radius 3 is 2.50 bits per heavy atom. The maximum absolute atomic E-state index is 8.94. The van der Waals surface area contributed by atoms with Crippen molar-refractivity contribution < 1.29 is 9.84 Å². The third-order valence-electron chi connectivity index (χ3n) is 3.59. The Labute approximate surface area is 134 Å². The molecular weight excluding hydrogens is 292 g/mol. The molecule has 0 aliphatic carbocycles. The van der Waals surface area contributed by atoms with Gasteiger partial charge in [-0.25, -0.2) is 0 Å². The van der Waals surface area contributed by atoms with Gasteiger partial charge >= 0.3 is 0 Å². The fourth-order valence-electron chi connectivity index (χ4n) is 2.57. The topological polar surface area (TPSA) is 29.5 Å². The Hall–Kier alpha value is -1.97. The summed E-state index contributed by atoms with van der Waals surface area (Å²) in [4.78, 5) is 1.12. The molecule has 2 nitrogen and oxygen atoms in total. The molecule has 0 aliphatic heterocycles. The minimum atomic E-state index is 0.0266. The molecule has 0 atom stereocenters. The molecule has 0 unspecified atom stereocenters. The lowest BCUT2D eigenvalue weighted by atomic mass is 10.0. The molecule has 0 aromatic heterocycles. The predicted octanol–water partition coefficient (Wildman–Crippen LogP) is 4.60. The number of hydrogen-bond donors (Lipinski definition) is 1. The number of benzene rings is 3. The van der Waals surface area contributed by atoms with E-state index in [1.165, 1.54) is 21.9 Å². The number of ether oxygens (including phenoxy) is 1. The highest BCUT2D eigenvalue weighted by molar-refractivity contribution is 7.99. The van der Waals surface area contributed by atoms with Crippen LogP contribution in [-0.2, 0) is 0 Å². The van der Waals surface area contributed by atoms with Gasteiger partial charge in [0.15, 0.2) is 0 Å². The van der Waals surface area contributed by atoms with E-state index >= 15 is 0 Å². The molecule has 22 heavy (non-hydrogen) atoms. The van der Waals surface area contributed by atoms with Crippen molar-refractivity contribution in [2.45, 2.75) is 4.90 Å². The van der Waals surface area contributed by atoms with Crippen molar-refractivity contribution in [3.05, 3.63) is 60.7 Å².